The lowest BCUT2D eigenvalue weighted by Gasteiger charge is -2.18. The van der Waals surface area contributed by atoms with Crippen LogP contribution >= 0.6 is 0 Å². The van der Waals surface area contributed by atoms with Gasteiger partial charge in [-0.3, -0.25) is 0 Å². The van der Waals surface area contributed by atoms with Gasteiger partial charge in [0.15, 0.2) is 11.6 Å². The molecule has 6 heteroatoms. The van der Waals surface area contributed by atoms with Crippen LogP contribution in [0.2, 0.25) is 0 Å². The van der Waals surface area contributed by atoms with Crippen LogP contribution in [0.25, 0.3) is 0 Å². The third-order valence-corrected chi connectivity index (χ3v) is 4.15. The second-order valence-corrected chi connectivity index (χ2v) is 7.37. The molecule has 0 fully saturated rings. The lowest BCUT2D eigenvalue weighted by atomic mass is 10.1. The van der Waals surface area contributed by atoms with Crippen molar-refractivity contribution in [3.8, 4) is 0 Å². The summed E-state index contributed by atoms with van der Waals surface area (Å²) >= 11 is 0. The first-order chi connectivity index (χ1) is 10.3. The van der Waals surface area contributed by atoms with E-state index in [1.165, 1.54) is 12.3 Å². The molecule has 2 rings (SSSR count). The van der Waals surface area contributed by atoms with Crippen LogP contribution in [0.1, 0.15) is 17.2 Å². The SMILES string of the molecule is CS(=O)(=O)C[C@H](NCc1ccc(F)c(F)c1)c1ccccc1. The zero-order valence-corrected chi connectivity index (χ0v) is 12.9. The quantitative estimate of drug-likeness (QED) is 0.888. The van der Waals surface area contributed by atoms with Crippen LogP contribution in [0.15, 0.2) is 48.5 Å². The molecule has 0 aliphatic heterocycles. The van der Waals surface area contributed by atoms with Crippen molar-refractivity contribution < 1.29 is 17.2 Å². The molecule has 0 amide bonds. The summed E-state index contributed by atoms with van der Waals surface area (Å²) in [7, 11) is -3.19. The van der Waals surface area contributed by atoms with Crippen molar-refractivity contribution in [2.24, 2.45) is 0 Å². The number of halogens is 2. The smallest absolute Gasteiger partial charge is 0.159 e. The van der Waals surface area contributed by atoms with Gasteiger partial charge in [-0.15, -0.1) is 0 Å². The number of sulfone groups is 1. The van der Waals surface area contributed by atoms with Crippen LogP contribution < -0.4 is 5.32 Å². The first-order valence-corrected chi connectivity index (χ1v) is 8.81. The highest BCUT2D eigenvalue weighted by atomic mass is 32.2. The number of hydrogen-bond acceptors (Lipinski definition) is 3. The van der Waals surface area contributed by atoms with Gasteiger partial charge >= 0.3 is 0 Å². The molecular formula is C16H17F2NO2S. The van der Waals surface area contributed by atoms with E-state index in [1.807, 2.05) is 30.3 Å². The van der Waals surface area contributed by atoms with E-state index >= 15 is 0 Å². The zero-order valence-electron chi connectivity index (χ0n) is 12.1. The standard InChI is InChI=1S/C16H17F2NO2S/c1-22(20,21)11-16(13-5-3-2-4-6-13)19-10-12-7-8-14(17)15(18)9-12/h2-9,16,19H,10-11H2,1H3/t16-/m0/s1. The molecule has 2 aromatic rings. The van der Waals surface area contributed by atoms with Crippen LogP contribution in [0, 0.1) is 11.6 Å². The highest BCUT2D eigenvalue weighted by Gasteiger charge is 2.17. The van der Waals surface area contributed by atoms with Gasteiger partial charge in [-0.05, 0) is 23.3 Å². The Bertz CT molecular complexity index is 733. The molecule has 0 bridgehead atoms. The van der Waals surface area contributed by atoms with Gasteiger partial charge in [0.2, 0.25) is 0 Å². The van der Waals surface area contributed by atoms with E-state index in [0.717, 1.165) is 17.7 Å². The molecule has 1 atom stereocenters. The monoisotopic (exact) mass is 325 g/mol. The molecule has 0 heterocycles. The predicted molar refractivity (Wildman–Crippen MR) is 82.1 cm³/mol. The minimum Gasteiger partial charge on any atom is -0.305 e. The Kier molecular flexibility index (Phi) is 5.26. The Labute approximate surface area is 128 Å². The van der Waals surface area contributed by atoms with Gasteiger partial charge in [-0.2, -0.15) is 0 Å². The fourth-order valence-corrected chi connectivity index (χ4v) is 3.07. The Morgan fingerprint density at radius 1 is 1.05 bits per heavy atom. The van der Waals surface area contributed by atoms with Gasteiger partial charge in [0.05, 0.1) is 5.75 Å². The molecule has 0 unspecified atom stereocenters. The number of nitrogens with one attached hydrogen (secondary N) is 1. The largest absolute Gasteiger partial charge is 0.305 e. The molecule has 0 spiro atoms. The van der Waals surface area contributed by atoms with Crippen LogP contribution in [-0.4, -0.2) is 20.4 Å². The molecule has 2 aromatic carbocycles. The summed E-state index contributed by atoms with van der Waals surface area (Å²) in [5.41, 5.74) is 1.38. The average Bonchev–Trinajstić information content (AvgIpc) is 2.47. The van der Waals surface area contributed by atoms with E-state index in [1.54, 1.807) is 0 Å². The molecule has 0 saturated carbocycles. The Balaban J connectivity index is 2.14. The molecule has 0 aliphatic rings. The van der Waals surface area contributed by atoms with Gasteiger partial charge in [0, 0.05) is 18.8 Å². The summed E-state index contributed by atoms with van der Waals surface area (Å²) in [5, 5.41) is 3.09. The summed E-state index contributed by atoms with van der Waals surface area (Å²) < 4.78 is 49.3. The maximum absolute atomic E-state index is 13.2. The molecule has 1 N–H and O–H groups in total. The third-order valence-electron chi connectivity index (χ3n) is 3.21. The molecule has 0 radical (unpaired) electrons. The van der Waals surface area contributed by atoms with E-state index in [0.29, 0.717) is 5.56 Å². The van der Waals surface area contributed by atoms with Crippen molar-refractivity contribution in [2.75, 3.05) is 12.0 Å². The van der Waals surface area contributed by atoms with Crippen LogP contribution in [0.4, 0.5) is 8.78 Å². The van der Waals surface area contributed by atoms with Gasteiger partial charge in [0.1, 0.15) is 9.84 Å². The van der Waals surface area contributed by atoms with Crippen molar-refractivity contribution in [3.63, 3.8) is 0 Å². The van der Waals surface area contributed by atoms with E-state index in [4.69, 9.17) is 0 Å². The summed E-state index contributed by atoms with van der Waals surface area (Å²) in [6.45, 7) is 0.242. The van der Waals surface area contributed by atoms with E-state index in [2.05, 4.69) is 5.32 Å². The Hall–Kier alpha value is -1.79. The van der Waals surface area contributed by atoms with Crippen LogP contribution in [0.3, 0.4) is 0 Å². The number of rotatable bonds is 6. The van der Waals surface area contributed by atoms with Gasteiger partial charge in [-0.1, -0.05) is 36.4 Å². The first kappa shape index (κ1) is 16.6. The summed E-state index contributed by atoms with van der Waals surface area (Å²) in [6, 6.07) is 12.4. The Morgan fingerprint density at radius 2 is 1.73 bits per heavy atom. The third kappa shape index (κ3) is 4.89. The molecule has 0 saturated heterocycles. The molecule has 0 aliphatic carbocycles. The maximum Gasteiger partial charge on any atom is 0.159 e. The minimum atomic E-state index is -3.19. The number of hydrogen-bond donors (Lipinski definition) is 1. The van der Waals surface area contributed by atoms with Crippen molar-refractivity contribution >= 4 is 9.84 Å². The first-order valence-electron chi connectivity index (χ1n) is 6.75. The van der Waals surface area contributed by atoms with E-state index < -0.39 is 27.5 Å². The normalized spacial score (nSPS) is 13.0. The van der Waals surface area contributed by atoms with Gasteiger partial charge < -0.3 is 5.32 Å². The topological polar surface area (TPSA) is 46.2 Å². The van der Waals surface area contributed by atoms with Gasteiger partial charge in [0.25, 0.3) is 0 Å². The van der Waals surface area contributed by atoms with Crippen LogP contribution in [0.5, 0.6) is 0 Å². The molecule has 118 valence electrons. The van der Waals surface area contributed by atoms with Gasteiger partial charge in [-0.25, -0.2) is 17.2 Å². The lowest BCUT2D eigenvalue weighted by Crippen LogP contribution is -2.27. The summed E-state index contributed by atoms with van der Waals surface area (Å²) in [6.07, 6.45) is 1.17. The highest BCUT2D eigenvalue weighted by Crippen LogP contribution is 2.16. The van der Waals surface area contributed by atoms with Crippen molar-refractivity contribution in [3.05, 3.63) is 71.3 Å². The van der Waals surface area contributed by atoms with Crippen molar-refractivity contribution in [1.82, 2.24) is 5.32 Å². The predicted octanol–water partition coefficient (Wildman–Crippen LogP) is 2.84. The maximum atomic E-state index is 13.2. The summed E-state index contributed by atoms with van der Waals surface area (Å²) in [4.78, 5) is 0. The van der Waals surface area contributed by atoms with Crippen molar-refractivity contribution in [1.29, 1.82) is 0 Å². The highest BCUT2D eigenvalue weighted by molar-refractivity contribution is 7.90. The fourth-order valence-electron chi connectivity index (χ4n) is 2.15. The average molecular weight is 325 g/mol. The van der Waals surface area contributed by atoms with Crippen LogP contribution in [-0.2, 0) is 16.4 Å². The molecule has 22 heavy (non-hydrogen) atoms. The summed E-state index contributed by atoms with van der Waals surface area (Å²) in [5.74, 6) is -1.89. The second-order valence-electron chi connectivity index (χ2n) is 5.19. The minimum absolute atomic E-state index is 0.0688. The molecule has 3 nitrogen and oxygen atoms in total. The Morgan fingerprint density at radius 3 is 2.32 bits per heavy atom. The second kappa shape index (κ2) is 6.98. The lowest BCUT2D eigenvalue weighted by molar-refractivity contribution is 0.503. The van der Waals surface area contributed by atoms with Crippen molar-refractivity contribution in [2.45, 2.75) is 12.6 Å². The van der Waals surface area contributed by atoms with E-state index in [-0.39, 0.29) is 12.3 Å². The molecule has 0 aromatic heterocycles. The van der Waals surface area contributed by atoms with E-state index in [9.17, 15) is 17.2 Å². The number of benzene rings is 2. The molecular weight excluding hydrogens is 308 g/mol. The fraction of sp³-hybridized carbons (Fsp3) is 0.250. The zero-order chi connectivity index (χ0) is 16.2.